The average molecular weight is 337 g/mol. The maximum Gasteiger partial charge on any atom is 0.231 e. The quantitative estimate of drug-likeness (QED) is 0.853. The summed E-state index contributed by atoms with van der Waals surface area (Å²) in [6.07, 6.45) is 2.32. The average Bonchev–Trinajstić information content (AvgIpc) is 3.32. The van der Waals surface area contributed by atoms with E-state index in [1.807, 2.05) is 6.07 Å². The van der Waals surface area contributed by atoms with E-state index in [0.717, 1.165) is 43.4 Å². The minimum absolute atomic E-state index is 0.296. The van der Waals surface area contributed by atoms with E-state index in [0.29, 0.717) is 18.6 Å². The van der Waals surface area contributed by atoms with Crippen LogP contribution in [-0.4, -0.2) is 37.9 Å². The molecule has 5 rings (SSSR count). The van der Waals surface area contributed by atoms with Crippen LogP contribution in [0.4, 0.5) is 0 Å². The third-order valence-electron chi connectivity index (χ3n) is 5.70. The molecule has 0 saturated carbocycles. The molecule has 4 nitrogen and oxygen atoms in total. The first-order chi connectivity index (χ1) is 12.4. The Morgan fingerprint density at radius 2 is 1.84 bits per heavy atom. The van der Waals surface area contributed by atoms with Crippen molar-refractivity contribution in [3.8, 4) is 17.2 Å². The predicted molar refractivity (Wildman–Crippen MR) is 95.7 cm³/mol. The molecule has 130 valence electrons. The van der Waals surface area contributed by atoms with Gasteiger partial charge in [-0.05, 0) is 36.9 Å². The lowest BCUT2D eigenvalue weighted by Gasteiger charge is -2.30. The van der Waals surface area contributed by atoms with Crippen LogP contribution in [-0.2, 0) is 0 Å². The van der Waals surface area contributed by atoms with Gasteiger partial charge in [-0.2, -0.15) is 0 Å². The van der Waals surface area contributed by atoms with Crippen molar-refractivity contribution in [2.75, 3.05) is 33.0 Å². The molecule has 2 atom stereocenters. The molecule has 1 unspecified atom stereocenters. The standard InChI is InChI=1S/C21H23NO3/c1-2-4-15(5-3-1)16-8-10-22(12-16)13-17-9-11-23-20-18(17)6-7-19-21(20)25-14-24-19/h1-7,16-17H,8-14H2/t16-,17?/m0/s1. The first-order valence-corrected chi connectivity index (χ1v) is 9.21. The van der Waals surface area contributed by atoms with Crippen LogP contribution in [0.1, 0.15) is 35.8 Å². The monoisotopic (exact) mass is 337 g/mol. The van der Waals surface area contributed by atoms with Crippen LogP contribution in [0.5, 0.6) is 17.2 Å². The molecular formula is C21H23NO3. The summed E-state index contributed by atoms with van der Waals surface area (Å²) in [5.74, 6) is 3.69. The highest BCUT2D eigenvalue weighted by Crippen LogP contribution is 2.48. The second-order valence-electron chi connectivity index (χ2n) is 7.21. The van der Waals surface area contributed by atoms with E-state index >= 15 is 0 Å². The number of fused-ring (bicyclic) bond motifs is 3. The fourth-order valence-corrected chi connectivity index (χ4v) is 4.39. The Labute approximate surface area is 148 Å². The molecule has 0 spiro atoms. The van der Waals surface area contributed by atoms with Gasteiger partial charge in [0, 0.05) is 24.6 Å². The zero-order valence-corrected chi connectivity index (χ0v) is 14.3. The molecule has 3 aliphatic heterocycles. The van der Waals surface area contributed by atoms with Crippen LogP contribution in [0.25, 0.3) is 0 Å². The number of ether oxygens (including phenoxy) is 3. The first-order valence-electron chi connectivity index (χ1n) is 9.21. The van der Waals surface area contributed by atoms with Crippen LogP contribution in [0.3, 0.4) is 0 Å². The highest BCUT2D eigenvalue weighted by atomic mass is 16.7. The van der Waals surface area contributed by atoms with E-state index in [4.69, 9.17) is 14.2 Å². The van der Waals surface area contributed by atoms with Crippen molar-refractivity contribution < 1.29 is 14.2 Å². The van der Waals surface area contributed by atoms with E-state index in [9.17, 15) is 0 Å². The topological polar surface area (TPSA) is 30.9 Å². The van der Waals surface area contributed by atoms with Gasteiger partial charge in [-0.1, -0.05) is 36.4 Å². The van der Waals surface area contributed by atoms with Gasteiger partial charge in [0.15, 0.2) is 11.5 Å². The fraction of sp³-hybridized carbons (Fsp3) is 0.429. The Hall–Kier alpha value is -2.20. The lowest BCUT2D eigenvalue weighted by Crippen LogP contribution is -2.29. The summed E-state index contributed by atoms with van der Waals surface area (Å²) >= 11 is 0. The maximum atomic E-state index is 5.93. The Kier molecular flexibility index (Phi) is 3.78. The largest absolute Gasteiger partial charge is 0.489 e. The lowest BCUT2D eigenvalue weighted by molar-refractivity contribution is 0.166. The molecule has 3 heterocycles. The van der Waals surface area contributed by atoms with Crippen LogP contribution in [0.2, 0.25) is 0 Å². The van der Waals surface area contributed by atoms with E-state index in [-0.39, 0.29) is 0 Å². The summed E-state index contributed by atoms with van der Waals surface area (Å²) in [6, 6.07) is 15.1. The lowest BCUT2D eigenvalue weighted by atomic mass is 9.92. The Balaban J connectivity index is 1.32. The molecule has 0 N–H and O–H groups in total. The fourth-order valence-electron chi connectivity index (χ4n) is 4.39. The molecule has 2 aromatic carbocycles. The van der Waals surface area contributed by atoms with Gasteiger partial charge in [-0.15, -0.1) is 0 Å². The summed E-state index contributed by atoms with van der Waals surface area (Å²) in [5.41, 5.74) is 2.75. The maximum absolute atomic E-state index is 5.93. The van der Waals surface area contributed by atoms with Gasteiger partial charge in [0.1, 0.15) is 0 Å². The van der Waals surface area contributed by atoms with Crippen molar-refractivity contribution in [3.05, 3.63) is 53.6 Å². The van der Waals surface area contributed by atoms with Crippen LogP contribution >= 0.6 is 0 Å². The molecule has 4 heteroatoms. The number of rotatable bonds is 3. The van der Waals surface area contributed by atoms with Gasteiger partial charge >= 0.3 is 0 Å². The second kappa shape index (κ2) is 6.26. The highest BCUT2D eigenvalue weighted by molar-refractivity contribution is 5.58. The van der Waals surface area contributed by atoms with Crippen LogP contribution in [0, 0.1) is 0 Å². The number of benzene rings is 2. The van der Waals surface area contributed by atoms with Crippen molar-refractivity contribution in [2.45, 2.75) is 24.7 Å². The summed E-state index contributed by atoms with van der Waals surface area (Å²) in [5, 5.41) is 0. The van der Waals surface area contributed by atoms with Crippen LogP contribution < -0.4 is 14.2 Å². The molecule has 0 aromatic heterocycles. The predicted octanol–water partition coefficient (Wildman–Crippen LogP) is 3.77. The van der Waals surface area contributed by atoms with Crippen molar-refractivity contribution in [1.29, 1.82) is 0 Å². The third-order valence-corrected chi connectivity index (χ3v) is 5.70. The molecule has 1 fully saturated rings. The molecule has 0 aliphatic carbocycles. The van der Waals surface area contributed by atoms with E-state index in [2.05, 4.69) is 41.3 Å². The van der Waals surface area contributed by atoms with Crippen molar-refractivity contribution >= 4 is 0 Å². The number of nitrogens with zero attached hydrogens (tertiary/aromatic N) is 1. The van der Waals surface area contributed by atoms with Gasteiger partial charge in [-0.3, -0.25) is 0 Å². The van der Waals surface area contributed by atoms with E-state index in [1.54, 1.807) is 0 Å². The van der Waals surface area contributed by atoms with Gasteiger partial charge in [-0.25, -0.2) is 0 Å². The van der Waals surface area contributed by atoms with E-state index < -0.39 is 0 Å². The smallest absolute Gasteiger partial charge is 0.231 e. The number of likely N-dealkylation sites (tertiary alicyclic amines) is 1. The summed E-state index contributed by atoms with van der Waals surface area (Å²) in [4.78, 5) is 2.61. The number of hydrogen-bond acceptors (Lipinski definition) is 4. The molecule has 0 radical (unpaired) electrons. The number of hydrogen-bond donors (Lipinski definition) is 0. The minimum atomic E-state index is 0.296. The molecule has 25 heavy (non-hydrogen) atoms. The molecule has 0 bridgehead atoms. The Bertz CT molecular complexity index is 761. The SMILES string of the molecule is c1ccc([C@H]2CCN(CC3CCOc4c3ccc3c4OCO3)C2)cc1. The van der Waals surface area contributed by atoms with Crippen molar-refractivity contribution in [2.24, 2.45) is 0 Å². The van der Waals surface area contributed by atoms with Crippen molar-refractivity contribution in [3.63, 3.8) is 0 Å². The second-order valence-corrected chi connectivity index (χ2v) is 7.21. The minimum Gasteiger partial charge on any atom is -0.489 e. The summed E-state index contributed by atoms with van der Waals surface area (Å²) in [7, 11) is 0. The molecule has 0 amide bonds. The highest BCUT2D eigenvalue weighted by Gasteiger charge is 2.32. The molecular weight excluding hydrogens is 314 g/mol. The van der Waals surface area contributed by atoms with Crippen molar-refractivity contribution in [1.82, 2.24) is 4.90 Å². The summed E-state index contributed by atoms with van der Waals surface area (Å²) < 4.78 is 17.0. The normalized spacial score (nSPS) is 24.8. The zero-order chi connectivity index (χ0) is 16.6. The van der Waals surface area contributed by atoms with Crippen LogP contribution in [0.15, 0.2) is 42.5 Å². The molecule has 2 aromatic rings. The zero-order valence-electron chi connectivity index (χ0n) is 14.3. The molecule has 1 saturated heterocycles. The third kappa shape index (κ3) is 2.74. The Morgan fingerprint density at radius 3 is 2.76 bits per heavy atom. The first kappa shape index (κ1) is 15.1. The van der Waals surface area contributed by atoms with E-state index in [1.165, 1.54) is 24.1 Å². The summed E-state index contributed by atoms with van der Waals surface area (Å²) in [6.45, 7) is 4.48. The van der Waals surface area contributed by atoms with Gasteiger partial charge in [0.05, 0.1) is 6.61 Å². The Morgan fingerprint density at radius 1 is 0.920 bits per heavy atom. The van der Waals surface area contributed by atoms with Gasteiger partial charge < -0.3 is 19.1 Å². The van der Waals surface area contributed by atoms with Gasteiger partial charge in [0.2, 0.25) is 12.5 Å². The molecule has 3 aliphatic rings. The van der Waals surface area contributed by atoms with Gasteiger partial charge in [0.25, 0.3) is 0 Å².